The number of aromatic nitrogens is 2. The second-order valence-corrected chi connectivity index (χ2v) is 8.82. The van der Waals surface area contributed by atoms with Gasteiger partial charge in [0, 0.05) is 26.7 Å². The summed E-state index contributed by atoms with van der Waals surface area (Å²) in [6, 6.07) is 5.65. The van der Waals surface area contributed by atoms with Gasteiger partial charge in [0.1, 0.15) is 0 Å². The fraction of sp³-hybridized carbons (Fsp3) is 0.526. The lowest BCUT2D eigenvalue weighted by Crippen LogP contribution is -2.27. The van der Waals surface area contributed by atoms with Gasteiger partial charge in [0.25, 0.3) is 0 Å². The van der Waals surface area contributed by atoms with Crippen LogP contribution in [0.5, 0.6) is 11.5 Å². The van der Waals surface area contributed by atoms with Crippen LogP contribution in [0.2, 0.25) is 0 Å². The summed E-state index contributed by atoms with van der Waals surface area (Å²) < 4.78 is 16.9. The number of benzene rings is 1. The van der Waals surface area contributed by atoms with Gasteiger partial charge in [-0.25, -0.2) is 0 Å². The van der Waals surface area contributed by atoms with Crippen molar-refractivity contribution in [1.82, 2.24) is 15.1 Å². The molecule has 1 N–H and O–H groups in total. The first-order chi connectivity index (χ1) is 14.1. The number of ether oxygens (including phenoxy) is 3. The average Bonchev–Trinajstić information content (AvgIpc) is 3.42. The fourth-order valence-corrected chi connectivity index (χ4v) is 4.62. The lowest BCUT2D eigenvalue weighted by Gasteiger charge is -2.18. The van der Waals surface area contributed by atoms with E-state index in [1.807, 2.05) is 18.2 Å². The molecule has 0 spiro atoms. The SMILES string of the molecule is COc1ccc(CN(C)C(=O)CSc2nnc(NCC3CCCO3)s2)cc1OC. The van der Waals surface area contributed by atoms with Crippen molar-refractivity contribution in [3.05, 3.63) is 23.8 Å². The van der Waals surface area contributed by atoms with Crippen LogP contribution in [-0.2, 0) is 16.1 Å². The Balaban J connectivity index is 1.45. The minimum atomic E-state index is 0.0221. The number of hydrogen-bond donors (Lipinski definition) is 1. The molecule has 8 nitrogen and oxygen atoms in total. The molecule has 1 atom stereocenters. The van der Waals surface area contributed by atoms with E-state index in [-0.39, 0.29) is 12.0 Å². The largest absolute Gasteiger partial charge is 0.493 e. The molecule has 1 aliphatic heterocycles. The van der Waals surface area contributed by atoms with Crippen LogP contribution < -0.4 is 14.8 Å². The number of nitrogens with one attached hydrogen (secondary N) is 1. The number of amides is 1. The first-order valence-corrected chi connectivity index (χ1v) is 11.2. The number of carbonyl (C=O) groups excluding carboxylic acids is 1. The molecule has 0 saturated carbocycles. The van der Waals surface area contributed by atoms with Gasteiger partial charge in [0.05, 0.1) is 26.1 Å². The molecule has 1 fully saturated rings. The van der Waals surface area contributed by atoms with Crippen molar-refractivity contribution in [2.75, 3.05) is 45.5 Å². The highest BCUT2D eigenvalue weighted by molar-refractivity contribution is 8.01. The summed E-state index contributed by atoms with van der Waals surface area (Å²) in [7, 11) is 4.98. The minimum absolute atomic E-state index is 0.0221. The molecule has 10 heteroatoms. The summed E-state index contributed by atoms with van der Waals surface area (Å²) in [6.07, 6.45) is 2.44. The Labute approximate surface area is 178 Å². The van der Waals surface area contributed by atoms with E-state index >= 15 is 0 Å². The van der Waals surface area contributed by atoms with E-state index in [1.54, 1.807) is 26.2 Å². The second kappa shape index (κ2) is 10.7. The van der Waals surface area contributed by atoms with Crippen LogP contribution in [0.1, 0.15) is 18.4 Å². The predicted octanol–water partition coefficient (Wildman–Crippen LogP) is 2.90. The molecule has 1 amide bonds. The second-order valence-electron chi connectivity index (χ2n) is 6.62. The average molecular weight is 439 g/mol. The zero-order chi connectivity index (χ0) is 20.6. The Morgan fingerprint density at radius 1 is 1.34 bits per heavy atom. The molecule has 2 heterocycles. The molecule has 0 bridgehead atoms. The minimum Gasteiger partial charge on any atom is -0.493 e. The molecular weight excluding hydrogens is 412 g/mol. The molecule has 2 aromatic rings. The molecular formula is C19H26N4O4S2. The van der Waals surface area contributed by atoms with Crippen LogP contribution in [0.15, 0.2) is 22.5 Å². The lowest BCUT2D eigenvalue weighted by molar-refractivity contribution is -0.127. The zero-order valence-corrected chi connectivity index (χ0v) is 18.5. The third-order valence-electron chi connectivity index (χ3n) is 4.52. The van der Waals surface area contributed by atoms with E-state index in [1.165, 1.54) is 23.1 Å². The Bertz CT molecular complexity index is 811. The van der Waals surface area contributed by atoms with E-state index < -0.39 is 0 Å². The fourth-order valence-electron chi connectivity index (χ4n) is 2.92. The summed E-state index contributed by atoms with van der Waals surface area (Å²) in [5.41, 5.74) is 0.972. The number of hydrogen-bond acceptors (Lipinski definition) is 9. The first kappa shape index (κ1) is 21.7. The van der Waals surface area contributed by atoms with Crippen LogP contribution >= 0.6 is 23.1 Å². The van der Waals surface area contributed by atoms with Crippen molar-refractivity contribution in [2.24, 2.45) is 0 Å². The maximum absolute atomic E-state index is 12.5. The highest BCUT2D eigenvalue weighted by atomic mass is 32.2. The molecule has 158 valence electrons. The predicted molar refractivity (Wildman–Crippen MR) is 114 cm³/mol. The number of anilines is 1. The van der Waals surface area contributed by atoms with E-state index in [4.69, 9.17) is 14.2 Å². The number of carbonyl (C=O) groups is 1. The van der Waals surface area contributed by atoms with E-state index in [9.17, 15) is 4.79 Å². The molecule has 1 saturated heterocycles. The van der Waals surface area contributed by atoms with E-state index in [0.29, 0.717) is 23.8 Å². The van der Waals surface area contributed by atoms with Crippen molar-refractivity contribution in [3.63, 3.8) is 0 Å². The molecule has 0 aliphatic carbocycles. The number of rotatable bonds is 10. The Morgan fingerprint density at radius 3 is 2.90 bits per heavy atom. The van der Waals surface area contributed by atoms with Crippen LogP contribution in [0.3, 0.4) is 0 Å². The first-order valence-electron chi connectivity index (χ1n) is 9.35. The quantitative estimate of drug-likeness (QED) is 0.567. The number of methoxy groups -OCH3 is 2. The van der Waals surface area contributed by atoms with Crippen molar-refractivity contribution < 1.29 is 19.0 Å². The number of nitrogens with zero attached hydrogens (tertiary/aromatic N) is 3. The topological polar surface area (TPSA) is 85.8 Å². The lowest BCUT2D eigenvalue weighted by atomic mass is 10.2. The van der Waals surface area contributed by atoms with Gasteiger partial charge in [-0.05, 0) is 30.5 Å². The summed E-state index contributed by atoms with van der Waals surface area (Å²) >= 11 is 2.85. The summed E-state index contributed by atoms with van der Waals surface area (Å²) in [5, 5.41) is 12.3. The van der Waals surface area contributed by atoms with Crippen molar-refractivity contribution in [3.8, 4) is 11.5 Å². The van der Waals surface area contributed by atoms with E-state index in [0.717, 1.165) is 41.0 Å². The van der Waals surface area contributed by atoms with Crippen LogP contribution in [0.25, 0.3) is 0 Å². The van der Waals surface area contributed by atoms with Crippen LogP contribution in [0.4, 0.5) is 5.13 Å². The number of thioether (sulfide) groups is 1. The molecule has 29 heavy (non-hydrogen) atoms. The van der Waals surface area contributed by atoms with Gasteiger partial charge >= 0.3 is 0 Å². The van der Waals surface area contributed by atoms with Gasteiger partial charge in [0.15, 0.2) is 15.8 Å². The monoisotopic (exact) mass is 438 g/mol. The van der Waals surface area contributed by atoms with Gasteiger partial charge in [-0.15, -0.1) is 10.2 Å². The van der Waals surface area contributed by atoms with E-state index in [2.05, 4.69) is 15.5 Å². The molecule has 1 aromatic carbocycles. The van der Waals surface area contributed by atoms with Crippen molar-refractivity contribution in [1.29, 1.82) is 0 Å². The smallest absolute Gasteiger partial charge is 0.233 e. The molecule has 0 radical (unpaired) electrons. The van der Waals surface area contributed by atoms with Gasteiger partial charge in [-0.2, -0.15) is 0 Å². The molecule has 3 rings (SSSR count). The highest BCUT2D eigenvalue weighted by Gasteiger charge is 2.17. The maximum atomic E-state index is 12.5. The van der Waals surface area contributed by atoms with Gasteiger partial charge in [-0.1, -0.05) is 29.2 Å². The Morgan fingerprint density at radius 2 is 2.17 bits per heavy atom. The van der Waals surface area contributed by atoms with Crippen LogP contribution in [0, 0.1) is 0 Å². The Kier molecular flexibility index (Phi) is 7.96. The molecule has 1 aliphatic rings. The molecule has 1 unspecified atom stereocenters. The zero-order valence-electron chi connectivity index (χ0n) is 16.8. The van der Waals surface area contributed by atoms with Crippen molar-refractivity contribution >= 4 is 34.1 Å². The molecule has 1 aromatic heterocycles. The summed E-state index contributed by atoms with van der Waals surface area (Å²) in [6.45, 7) is 2.07. The Hall–Kier alpha value is -2.04. The van der Waals surface area contributed by atoms with Crippen LogP contribution in [-0.4, -0.2) is 67.3 Å². The van der Waals surface area contributed by atoms with Gasteiger partial charge in [0.2, 0.25) is 11.0 Å². The summed E-state index contributed by atoms with van der Waals surface area (Å²) in [4.78, 5) is 14.2. The third-order valence-corrected chi connectivity index (χ3v) is 6.52. The summed E-state index contributed by atoms with van der Waals surface area (Å²) in [5.74, 6) is 1.65. The highest BCUT2D eigenvalue weighted by Crippen LogP contribution is 2.29. The maximum Gasteiger partial charge on any atom is 0.233 e. The van der Waals surface area contributed by atoms with Gasteiger partial charge < -0.3 is 24.4 Å². The van der Waals surface area contributed by atoms with Gasteiger partial charge in [-0.3, -0.25) is 4.79 Å². The normalized spacial score (nSPS) is 15.9. The standard InChI is InChI=1S/C19H26N4O4S2/c1-23(11-13-6-7-15(25-2)16(9-13)26-3)17(24)12-28-19-22-21-18(29-19)20-10-14-5-4-8-27-14/h6-7,9,14H,4-5,8,10-12H2,1-3H3,(H,20,21). The van der Waals surface area contributed by atoms with Crippen molar-refractivity contribution in [2.45, 2.75) is 29.8 Å². The third kappa shape index (κ3) is 6.22.